The van der Waals surface area contributed by atoms with Crippen molar-refractivity contribution in [1.29, 1.82) is 0 Å². The van der Waals surface area contributed by atoms with Crippen molar-refractivity contribution in [2.24, 2.45) is 0 Å². The van der Waals surface area contributed by atoms with Gasteiger partial charge in [0.1, 0.15) is 14.2 Å². The molecule has 0 aliphatic carbocycles. The highest BCUT2D eigenvalue weighted by Gasteiger charge is 2.08. The van der Waals surface area contributed by atoms with E-state index >= 15 is 0 Å². The summed E-state index contributed by atoms with van der Waals surface area (Å²) in [5.41, 5.74) is 3.24. The number of aliphatic hydroxyl groups excluding tert-OH is 1. The van der Waals surface area contributed by atoms with E-state index in [0.29, 0.717) is 0 Å². The standard InChI is InChI=1S/C17H34OSi/c1-5-6-7-8-9-10-11-12-13-14-17(18)15-16-19(2,3)4/h17-18H,5-14H2,1-4H3. The smallest absolute Gasteiger partial charge is 0.129 e. The van der Waals surface area contributed by atoms with Crippen molar-refractivity contribution in [2.45, 2.75) is 96.9 Å². The van der Waals surface area contributed by atoms with Crippen molar-refractivity contribution in [3.63, 3.8) is 0 Å². The van der Waals surface area contributed by atoms with Crippen LogP contribution < -0.4 is 0 Å². The lowest BCUT2D eigenvalue weighted by Gasteiger charge is -2.07. The minimum absolute atomic E-state index is 0.392. The molecule has 1 N–H and O–H groups in total. The van der Waals surface area contributed by atoms with Crippen molar-refractivity contribution >= 4 is 8.07 Å². The van der Waals surface area contributed by atoms with Crippen molar-refractivity contribution in [2.75, 3.05) is 0 Å². The van der Waals surface area contributed by atoms with Gasteiger partial charge in [-0.2, -0.15) is 0 Å². The molecule has 0 saturated heterocycles. The molecule has 0 amide bonds. The fourth-order valence-electron chi connectivity index (χ4n) is 2.02. The quantitative estimate of drug-likeness (QED) is 0.334. The van der Waals surface area contributed by atoms with Crippen molar-refractivity contribution in [1.82, 2.24) is 0 Å². The Morgan fingerprint density at radius 1 is 0.842 bits per heavy atom. The predicted molar refractivity (Wildman–Crippen MR) is 89.0 cm³/mol. The number of aliphatic hydroxyl groups is 1. The lowest BCUT2D eigenvalue weighted by Crippen LogP contribution is -2.17. The first-order valence-electron chi connectivity index (χ1n) is 8.16. The molecule has 0 spiro atoms. The summed E-state index contributed by atoms with van der Waals surface area (Å²) in [5, 5.41) is 9.76. The molecule has 2 heteroatoms. The zero-order chi connectivity index (χ0) is 14.6. The van der Waals surface area contributed by atoms with Crippen LogP contribution >= 0.6 is 0 Å². The van der Waals surface area contributed by atoms with Gasteiger partial charge in [0.2, 0.25) is 0 Å². The van der Waals surface area contributed by atoms with Crippen LogP contribution in [0.4, 0.5) is 0 Å². The van der Waals surface area contributed by atoms with E-state index in [1.807, 2.05) is 0 Å². The van der Waals surface area contributed by atoms with Gasteiger partial charge in [-0.05, 0) is 12.8 Å². The summed E-state index contributed by atoms with van der Waals surface area (Å²) < 4.78 is 0. The molecule has 0 aromatic carbocycles. The Bertz CT molecular complexity index is 257. The molecule has 19 heavy (non-hydrogen) atoms. The Hall–Kier alpha value is -0.263. The van der Waals surface area contributed by atoms with Crippen molar-refractivity contribution in [3.8, 4) is 11.5 Å². The minimum atomic E-state index is -1.32. The zero-order valence-corrected chi connectivity index (χ0v) is 14.6. The summed E-state index contributed by atoms with van der Waals surface area (Å²) in [5.74, 6) is 3.02. The van der Waals surface area contributed by atoms with Crippen LogP contribution in [0.25, 0.3) is 0 Å². The Morgan fingerprint density at radius 2 is 1.32 bits per heavy atom. The highest BCUT2D eigenvalue weighted by Crippen LogP contribution is 2.11. The third-order valence-electron chi connectivity index (χ3n) is 3.19. The number of rotatable bonds is 10. The van der Waals surface area contributed by atoms with Gasteiger partial charge in [-0.25, -0.2) is 0 Å². The second kappa shape index (κ2) is 11.6. The van der Waals surface area contributed by atoms with E-state index in [0.717, 1.165) is 12.8 Å². The molecule has 0 aromatic rings. The number of hydrogen-bond donors (Lipinski definition) is 1. The molecule has 0 saturated carbocycles. The van der Waals surface area contributed by atoms with Crippen LogP contribution in [0.15, 0.2) is 0 Å². The normalized spacial score (nSPS) is 12.9. The average Bonchev–Trinajstić information content (AvgIpc) is 2.33. The van der Waals surface area contributed by atoms with Crippen LogP contribution in [0, 0.1) is 11.5 Å². The molecule has 1 unspecified atom stereocenters. The van der Waals surface area contributed by atoms with E-state index in [1.54, 1.807) is 0 Å². The van der Waals surface area contributed by atoms with Crippen LogP contribution in [0.3, 0.4) is 0 Å². The first-order chi connectivity index (χ1) is 8.95. The summed E-state index contributed by atoms with van der Waals surface area (Å²) >= 11 is 0. The van der Waals surface area contributed by atoms with Crippen LogP contribution in [-0.4, -0.2) is 19.3 Å². The number of unbranched alkanes of at least 4 members (excludes halogenated alkanes) is 8. The molecule has 0 fully saturated rings. The highest BCUT2D eigenvalue weighted by atomic mass is 28.3. The fourth-order valence-corrected chi connectivity index (χ4v) is 2.62. The molecule has 0 rings (SSSR count). The third kappa shape index (κ3) is 15.7. The van der Waals surface area contributed by atoms with Gasteiger partial charge < -0.3 is 5.11 Å². The first-order valence-corrected chi connectivity index (χ1v) is 11.7. The fraction of sp³-hybridized carbons (Fsp3) is 0.882. The lowest BCUT2D eigenvalue weighted by molar-refractivity contribution is 0.217. The van der Waals surface area contributed by atoms with Gasteiger partial charge in [-0.15, -0.1) is 5.54 Å². The summed E-state index contributed by atoms with van der Waals surface area (Å²) in [4.78, 5) is 0. The summed E-state index contributed by atoms with van der Waals surface area (Å²) in [6.07, 6.45) is 12.4. The second-order valence-electron chi connectivity index (χ2n) is 6.65. The molecular formula is C17H34OSi. The van der Waals surface area contributed by atoms with E-state index in [9.17, 15) is 5.11 Å². The Kier molecular flexibility index (Phi) is 11.4. The van der Waals surface area contributed by atoms with Gasteiger partial charge in [0.05, 0.1) is 0 Å². The molecule has 0 aliphatic rings. The van der Waals surface area contributed by atoms with Gasteiger partial charge in [-0.1, -0.05) is 83.9 Å². The molecule has 0 aromatic heterocycles. The minimum Gasteiger partial charge on any atom is -0.380 e. The molecule has 112 valence electrons. The summed E-state index contributed by atoms with van der Waals surface area (Å²) in [6, 6.07) is 0. The maximum absolute atomic E-state index is 9.76. The highest BCUT2D eigenvalue weighted by molar-refractivity contribution is 6.83. The maximum atomic E-state index is 9.76. The largest absolute Gasteiger partial charge is 0.380 e. The van der Waals surface area contributed by atoms with Crippen LogP contribution in [0.5, 0.6) is 0 Å². The van der Waals surface area contributed by atoms with Gasteiger partial charge >= 0.3 is 0 Å². The van der Waals surface area contributed by atoms with E-state index in [-0.39, 0.29) is 0 Å². The molecule has 0 bridgehead atoms. The predicted octanol–water partition coefficient (Wildman–Crippen LogP) is 5.15. The average molecular weight is 283 g/mol. The van der Waals surface area contributed by atoms with E-state index in [1.165, 1.54) is 51.4 Å². The topological polar surface area (TPSA) is 20.2 Å². The first kappa shape index (κ1) is 18.7. The summed E-state index contributed by atoms with van der Waals surface area (Å²) in [7, 11) is -1.32. The van der Waals surface area contributed by atoms with Gasteiger partial charge in [0, 0.05) is 0 Å². The third-order valence-corrected chi connectivity index (χ3v) is 4.09. The van der Waals surface area contributed by atoms with E-state index in [2.05, 4.69) is 38.0 Å². The molecule has 1 atom stereocenters. The van der Waals surface area contributed by atoms with Crippen LogP contribution in [0.2, 0.25) is 19.6 Å². The second-order valence-corrected chi connectivity index (χ2v) is 11.4. The van der Waals surface area contributed by atoms with Gasteiger partial charge in [0.15, 0.2) is 0 Å². The van der Waals surface area contributed by atoms with Crippen molar-refractivity contribution in [3.05, 3.63) is 0 Å². The van der Waals surface area contributed by atoms with E-state index < -0.39 is 14.2 Å². The molecule has 1 nitrogen and oxygen atoms in total. The lowest BCUT2D eigenvalue weighted by atomic mass is 10.1. The number of hydrogen-bond acceptors (Lipinski definition) is 1. The Labute approximate surface area is 122 Å². The maximum Gasteiger partial charge on any atom is 0.129 e. The van der Waals surface area contributed by atoms with E-state index in [4.69, 9.17) is 0 Å². The van der Waals surface area contributed by atoms with Gasteiger partial charge in [0.25, 0.3) is 0 Å². The molecule has 0 aliphatic heterocycles. The Morgan fingerprint density at radius 3 is 1.79 bits per heavy atom. The van der Waals surface area contributed by atoms with Crippen LogP contribution in [-0.2, 0) is 0 Å². The molecule has 0 heterocycles. The SMILES string of the molecule is CCCCCCCCCCCC(O)C#C[Si](C)(C)C. The molecule has 0 radical (unpaired) electrons. The summed E-state index contributed by atoms with van der Waals surface area (Å²) in [6.45, 7) is 8.90. The van der Waals surface area contributed by atoms with Gasteiger partial charge in [-0.3, -0.25) is 0 Å². The zero-order valence-electron chi connectivity index (χ0n) is 13.6. The molecular weight excluding hydrogens is 248 g/mol. The van der Waals surface area contributed by atoms with Crippen LogP contribution in [0.1, 0.15) is 71.1 Å². The monoisotopic (exact) mass is 282 g/mol. The van der Waals surface area contributed by atoms with Crippen molar-refractivity contribution < 1.29 is 5.11 Å². The Balaban J connectivity index is 3.36.